The standard InChI is InChI=1S/C12H20ClNO/c1-2-14(6-5-13)12(15)11-8-9-3-4-10(11)7-9/h9-11H,2-8H2,1H3. The van der Waals surface area contributed by atoms with Crippen molar-refractivity contribution in [1.82, 2.24) is 4.90 Å². The highest BCUT2D eigenvalue weighted by Gasteiger charge is 2.44. The number of carbonyl (C=O) groups excluding carboxylic acids is 1. The molecular formula is C12H20ClNO. The smallest absolute Gasteiger partial charge is 0.225 e. The fraction of sp³-hybridized carbons (Fsp3) is 0.917. The average Bonchev–Trinajstić information content (AvgIpc) is 2.86. The lowest BCUT2D eigenvalue weighted by molar-refractivity contribution is -0.136. The van der Waals surface area contributed by atoms with Crippen molar-refractivity contribution < 1.29 is 4.79 Å². The van der Waals surface area contributed by atoms with Gasteiger partial charge >= 0.3 is 0 Å². The van der Waals surface area contributed by atoms with Crippen LogP contribution in [-0.2, 0) is 4.79 Å². The number of halogens is 1. The summed E-state index contributed by atoms with van der Waals surface area (Å²) in [4.78, 5) is 14.2. The van der Waals surface area contributed by atoms with E-state index in [1.807, 2.05) is 11.8 Å². The zero-order valence-electron chi connectivity index (χ0n) is 9.42. The molecule has 2 aliphatic carbocycles. The maximum Gasteiger partial charge on any atom is 0.225 e. The van der Waals surface area contributed by atoms with Crippen LogP contribution in [0.2, 0.25) is 0 Å². The summed E-state index contributed by atoms with van der Waals surface area (Å²) in [6.45, 7) is 3.56. The quantitative estimate of drug-likeness (QED) is 0.679. The van der Waals surface area contributed by atoms with Crippen molar-refractivity contribution in [1.29, 1.82) is 0 Å². The Morgan fingerprint density at radius 3 is 2.67 bits per heavy atom. The molecular weight excluding hydrogens is 210 g/mol. The zero-order valence-corrected chi connectivity index (χ0v) is 10.2. The summed E-state index contributed by atoms with van der Waals surface area (Å²) in [7, 11) is 0. The van der Waals surface area contributed by atoms with Gasteiger partial charge in [0.2, 0.25) is 5.91 Å². The predicted molar refractivity (Wildman–Crippen MR) is 61.9 cm³/mol. The second-order valence-corrected chi connectivity index (χ2v) is 5.27. The molecule has 0 saturated heterocycles. The number of alkyl halides is 1. The highest BCUT2D eigenvalue weighted by atomic mass is 35.5. The van der Waals surface area contributed by atoms with Gasteiger partial charge in [-0.15, -0.1) is 11.6 Å². The maximum absolute atomic E-state index is 12.2. The van der Waals surface area contributed by atoms with E-state index in [1.165, 1.54) is 19.3 Å². The third-order valence-corrected chi connectivity index (χ3v) is 4.27. The van der Waals surface area contributed by atoms with Gasteiger partial charge in [0.05, 0.1) is 0 Å². The van der Waals surface area contributed by atoms with Crippen LogP contribution in [0.3, 0.4) is 0 Å². The van der Waals surface area contributed by atoms with Crippen molar-refractivity contribution in [2.24, 2.45) is 17.8 Å². The monoisotopic (exact) mass is 229 g/mol. The van der Waals surface area contributed by atoms with Crippen LogP contribution in [0.25, 0.3) is 0 Å². The molecule has 0 radical (unpaired) electrons. The molecule has 0 aliphatic heterocycles. The van der Waals surface area contributed by atoms with E-state index in [4.69, 9.17) is 11.6 Å². The molecule has 15 heavy (non-hydrogen) atoms. The zero-order chi connectivity index (χ0) is 10.8. The SMILES string of the molecule is CCN(CCCl)C(=O)C1CC2CCC1C2. The first-order valence-corrected chi connectivity index (χ1v) is 6.64. The van der Waals surface area contributed by atoms with Crippen LogP contribution in [0.1, 0.15) is 32.6 Å². The van der Waals surface area contributed by atoms with Gasteiger partial charge in [-0.05, 0) is 38.0 Å². The number of nitrogens with zero attached hydrogens (tertiary/aromatic N) is 1. The highest BCUT2D eigenvalue weighted by Crippen LogP contribution is 2.48. The van der Waals surface area contributed by atoms with E-state index in [2.05, 4.69) is 0 Å². The van der Waals surface area contributed by atoms with Crippen molar-refractivity contribution in [3.05, 3.63) is 0 Å². The normalized spacial score (nSPS) is 33.3. The average molecular weight is 230 g/mol. The Bertz CT molecular complexity index is 244. The fourth-order valence-corrected chi connectivity index (χ4v) is 3.51. The number of hydrogen-bond donors (Lipinski definition) is 0. The summed E-state index contributed by atoms with van der Waals surface area (Å²) >= 11 is 5.71. The van der Waals surface area contributed by atoms with Crippen LogP contribution in [0.4, 0.5) is 0 Å². The van der Waals surface area contributed by atoms with Gasteiger partial charge in [-0.25, -0.2) is 0 Å². The topological polar surface area (TPSA) is 20.3 Å². The summed E-state index contributed by atoms with van der Waals surface area (Å²) in [6, 6.07) is 0. The minimum Gasteiger partial charge on any atom is -0.342 e. The van der Waals surface area contributed by atoms with Crippen molar-refractivity contribution in [3.8, 4) is 0 Å². The molecule has 0 aromatic rings. The Morgan fingerprint density at radius 1 is 1.40 bits per heavy atom. The first-order valence-electron chi connectivity index (χ1n) is 6.11. The van der Waals surface area contributed by atoms with Gasteiger partial charge in [-0.2, -0.15) is 0 Å². The van der Waals surface area contributed by atoms with Gasteiger partial charge in [-0.3, -0.25) is 4.79 Å². The van der Waals surface area contributed by atoms with Gasteiger partial charge in [-0.1, -0.05) is 6.42 Å². The van der Waals surface area contributed by atoms with E-state index in [0.717, 1.165) is 18.9 Å². The molecule has 3 atom stereocenters. The molecule has 1 amide bonds. The molecule has 2 rings (SSSR count). The molecule has 0 aromatic heterocycles. The second-order valence-electron chi connectivity index (χ2n) is 4.89. The largest absolute Gasteiger partial charge is 0.342 e. The van der Waals surface area contributed by atoms with Gasteiger partial charge in [0.1, 0.15) is 0 Å². The molecule has 2 bridgehead atoms. The molecule has 3 unspecified atom stereocenters. The molecule has 3 heteroatoms. The third kappa shape index (κ3) is 2.15. The van der Waals surface area contributed by atoms with E-state index >= 15 is 0 Å². The number of carbonyl (C=O) groups is 1. The Hall–Kier alpha value is -0.240. The minimum absolute atomic E-state index is 0.326. The van der Waals surface area contributed by atoms with Crippen LogP contribution in [0, 0.1) is 17.8 Å². The maximum atomic E-state index is 12.2. The molecule has 2 fully saturated rings. The van der Waals surface area contributed by atoms with Crippen LogP contribution in [0.15, 0.2) is 0 Å². The van der Waals surface area contributed by atoms with E-state index in [1.54, 1.807) is 0 Å². The number of hydrogen-bond acceptors (Lipinski definition) is 1. The Morgan fingerprint density at radius 2 is 2.20 bits per heavy atom. The first kappa shape index (κ1) is 11.3. The van der Waals surface area contributed by atoms with Crippen LogP contribution in [0.5, 0.6) is 0 Å². The molecule has 86 valence electrons. The van der Waals surface area contributed by atoms with Gasteiger partial charge in [0, 0.05) is 24.9 Å². The minimum atomic E-state index is 0.326. The van der Waals surface area contributed by atoms with E-state index in [9.17, 15) is 4.79 Å². The Balaban J connectivity index is 1.95. The summed E-state index contributed by atoms with van der Waals surface area (Å²) in [5.41, 5.74) is 0. The van der Waals surface area contributed by atoms with E-state index < -0.39 is 0 Å². The van der Waals surface area contributed by atoms with Crippen LogP contribution < -0.4 is 0 Å². The second kappa shape index (κ2) is 4.73. The number of amides is 1. The number of rotatable bonds is 4. The lowest BCUT2D eigenvalue weighted by atomic mass is 9.88. The van der Waals surface area contributed by atoms with E-state index in [0.29, 0.717) is 30.2 Å². The van der Waals surface area contributed by atoms with E-state index in [-0.39, 0.29) is 0 Å². The van der Waals surface area contributed by atoms with Crippen molar-refractivity contribution in [2.45, 2.75) is 32.6 Å². The molecule has 2 aliphatic rings. The van der Waals surface area contributed by atoms with Gasteiger partial charge in [0.25, 0.3) is 0 Å². The summed E-state index contributed by atoms with van der Waals surface area (Å²) in [5, 5.41) is 0. The van der Waals surface area contributed by atoms with Crippen molar-refractivity contribution >= 4 is 17.5 Å². The van der Waals surface area contributed by atoms with Crippen molar-refractivity contribution in [2.75, 3.05) is 19.0 Å². The summed E-state index contributed by atoms with van der Waals surface area (Å²) in [5.74, 6) is 2.78. The summed E-state index contributed by atoms with van der Waals surface area (Å²) < 4.78 is 0. The highest BCUT2D eigenvalue weighted by molar-refractivity contribution is 6.18. The molecule has 2 saturated carbocycles. The van der Waals surface area contributed by atoms with Crippen LogP contribution >= 0.6 is 11.6 Å². The Kier molecular flexibility index (Phi) is 3.55. The fourth-order valence-electron chi connectivity index (χ4n) is 3.31. The van der Waals surface area contributed by atoms with Crippen LogP contribution in [-0.4, -0.2) is 29.8 Å². The summed E-state index contributed by atoms with van der Waals surface area (Å²) in [6.07, 6.45) is 5.08. The molecule has 0 heterocycles. The first-order chi connectivity index (χ1) is 7.26. The van der Waals surface area contributed by atoms with Crippen molar-refractivity contribution in [3.63, 3.8) is 0 Å². The molecule has 0 N–H and O–H groups in total. The van der Waals surface area contributed by atoms with Gasteiger partial charge < -0.3 is 4.90 Å². The lowest BCUT2D eigenvalue weighted by Crippen LogP contribution is -2.39. The Labute approximate surface area is 97.0 Å². The molecule has 0 aromatic carbocycles. The van der Waals surface area contributed by atoms with Gasteiger partial charge in [0.15, 0.2) is 0 Å². The lowest BCUT2D eigenvalue weighted by Gasteiger charge is -2.28. The third-order valence-electron chi connectivity index (χ3n) is 4.10. The molecule has 0 spiro atoms. The predicted octanol–water partition coefficient (Wildman–Crippen LogP) is 2.51. The number of fused-ring (bicyclic) bond motifs is 2. The molecule has 2 nitrogen and oxygen atoms in total.